The molecule has 0 saturated carbocycles. The van der Waals surface area contributed by atoms with Gasteiger partial charge in [0.25, 0.3) is 11.8 Å². The van der Waals surface area contributed by atoms with Gasteiger partial charge in [-0.25, -0.2) is 0 Å². The van der Waals surface area contributed by atoms with Gasteiger partial charge < -0.3 is 9.32 Å². The Balaban J connectivity index is 1.75. The number of piperidine rings is 1. The topological polar surface area (TPSA) is 89.2 Å². The van der Waals surface area contributed by atoms with Crippen molar-refractivity contribution < 1.29 is 14.0 Å². The number of ketones is 1. The first kappa shape index (κ1) is 14.4. The van der Waals surface area contributed by atoms with Gasteiger partial charge in [-0.05, 0) is 31.4 Å². The number of hydrogen-bond donors (Lipinski definition) is 0. The van der Waals surface area contributed by atoms with E-state index >= 15 is 0 Å². The Bertz CT molecular complexity index is 690. The number of pyridine rings is 1. The molecule has 2 aromatic rings. The second-order valence-corrected chi connectivity index (χ2v) is 5.36. The molecule has 0 unspecified atom stereocenters. The van der Waals surface area contributed by atoms with Crippen LogP contribution in [0.2, 0.25) is 0 Å². The number of Topliss-reactive ketones (excluding diaryl/α,β-unsaturated/α-hetero) is 1. The van der Waals surface area contributed by atoms with Gasteiger partial charge in [0, 0.05) is 25.2 Å². The van der Waals surface area contributed by atoms with Crippen LogP contribution in [0.1, 0.15) is 29.1 Å². The molecule has 1 saturated heterocycles. The number of rotatable bonds is 4. The summed E-state index contributed by atoms with van der Waals surface area (Å²) in [6, 6.07) is 3.71. The van der Waals surface area contributed by atoms with Gasteiger partial charge in [-0.1, -0.05) is 6.07 Å². The zero-order chi connectivity index (χ0) is 15.5. The van der Waals surface area contributed by atoms with E-state index < -0.39 is 0 Å². The van der Waals surface area contributed by atoms with Crippen molar-refractivity contribution in [2.24, 2.45) is 5.92 Å². The third-order valence-corrected chi connectivity index (χ3v) is 3.90. The van der Waals surface area contributed by atoms with Crippen LogP contribution in [-0.4, -0.2) is 45.4 Å². The molecule has 0 radical (unpaired) electrons. The van der Waals surface area contributed by atoms with Crippen molar-refractivity contribution in [2.45, 2.75) is 19.8 Å². The lowest BCUT2D eigenvalue weighted by Crippen LogP contribution is -2.35. The third-order valence-electron chi connectivity index (χ3n) is 3.90. The third kappa shape index (κ3) is 2.74. The molecule has 22 heavy (non-hydrogen) atoms. The Morgan fingerprint density at radius 2 is 2.14 bits per heavy atom. The molecule has 0 aromatic carbocycles. The van der Waals surface area contributed by atoms with E-state index in [0.29, 0.717) is 31.6 Å². The average Bonchev–Trinajstić information content (AvgIpc) is 3.04. The fraction of sp³-hybridized carbons (Fsp3) is 0.400. The number of hydrogen-bond acceptors (Lipinski definition) is 6. The minimum atomic E-state index is -0.172. The Labute approximate surface area is 127 Å². The fourth-order valence-corrected chi connectivity index (χ4v) is 2.57. The predicted molar refractivity (Wildman–Crippen MR) is 77.0 cm³/mol. The average molecular weight is 300 g/mol. The largest absolute Gasteiger partial charge is 0.412 e. The number of carbonyl (C=O) groups excluding carboxylic acids is 2. The summed E-state index contributed by atoms with van der Waals surface area (Å²) in [4.78, 5) is 29.0. The Hall–Kier alpha value is -2.57. The second kappa shape index (κ2) is 6.05. The van der Waals surface area contributed by atoms with Crippen LogP contribution in [0.4, 0.5) is 0 Å². The lowest BCUT2D eigenvalue weighted by Gasteiger charge is -2.27. The van der Waals surface area contributed by atoms with Crippen molar-refractivity contribution in [1.82, 2.24) is 20.1 Å². The van der Waals surface area contributed by atoms with Gasteiger partial charge in [0.15, 0.2) is 0 Å². The van der Waals surface area contributed by atoms with E-state index in [1.165, 1.54) is 0 Å². The summed E-state index contributed by atoms with van der Waals surface area (Å²) in [5.74, 6) is -0.0522. The molecular weight excluding hydrogens is 284 g/mol. The van der Waals surface area contributed by atoms with Gasteiger partial charge in [-0.15, -0.1) is 10.2 Å². The van der Waals surface area contributed by atoms with Crippen LogP contribution in [0.5, 0.6) is 0 Å². The second-order valence-electron chi connectivity index (χ2n) is 5.36. The standard InChI is InChI=1S/C15H16N4O3/c1-10-3-2-6-16-12(10)14-17-18-15(22-14)13(21)11-4-7-19(9-20)8-5-11/h2-3,6,9,11H,4-5,7-8H2,1H3. The van der Waals surface area contributed by atoms with E-state index in [2.05, 4.69) is 15.2 Å². The SMILES string of the molecule is Cc1cccnc1-c1nnc(C(=O)C2CCN(C=O)CC2)o1. The van der Waals surface area contributed by atoms with Crippen LogP contribution in [0.3, 0.4) is 0 Å². The summed E-state index contributed by atoms with van der Waals surface area (Å²) in [5.41, 5.74) is 1.49. The molecule has 3 heterocycles. The van der Waals surface area contributed by atoms with Crippen LogP contribution in [-0.2, 0) is 4.79 Å². The molecule has 0 atom stereocenters. The van der Waals surface area contributed by atoms with Gasteiger partial charge in [0.2, 0.25) is 12.2 Å². The number of aryl methyl sites for hydroxylation is 1. The van der Waals surface area contributed by atoms with Crippen LogP contribution >= 0.6 is 0 Å². The maximum atomic E-state index is 12.4. The van der Waals surface area contributed by atoms with Crippen molar-refractivity contribution in [2.75, 3.05) is 13.1 Å². The highest BCUT2D eigenvalue weighted by Crippen LogP contribution is 2.23. The van der Waals surface area contributed by atoms with E-state index in [1.54, 1.807) is 11.1 Å². The van der Waals surface area contributed by atoms with Crippen molar-refractivity contribution in [3.63, 3.8) is 0 Å². The van der Waals surface area contributed by atoms with Crippen molar-refractivity contribution >= 4 is 12.2 Å². The molecule has 2 aromatic heterocycles. The molecule has 1 fully saturated rings. The molecule has 114 valence electrons. The summed E-state index contributed by atoms with van der Waals surface area (Å²) in [5, 5.41) is 7.79. The van der Waals surface area contributed by atoms with Gasteiger partial charge in [0.05, 0.1) is 0 Å². The van der Waals surface area contributed by atoms with E-state index in [0.717, 1.165) is 12.0 Å². The molecule has 1 amide bonds. The monoisotopic (exact) mass is 300 g/mol. The van der Waals surface area contributed by atoms with Gasteiger partial charge >= 0.3 is 0 Å². The van der Waals surface area contributed by atoms with E-state index in [-0.39, 0.29) is 23.5 Å². The lowest BCUT2D eigenvalue weighted by molar-refractivity contribution is -0.119. The predicted octanol–water partition coefficient (Wildman–Crippen LogP) is 1.49. The Morgan fingerprint density at radius 1 is 1.36 bits per heavy atom. The van der Waals surface area contributed by atoms with Crippen LogP contribution in [0, 0.1) is 12.8 Å². The first-order chi connectivity index (χ1) is 10.7. The van der Waals surface area contributed by atoms with Gasteiger partial charge in [-0.3, -0.25) is 14.6 Å². The zero-order valence-corrected chi connectivity index (χ0v) is 12.2. The smallest absolute Gasteiger partial charge is 0.284 e. The molecular formula is C15H16N4O3. The molecule has 7 heteroatoms. The molecule has 1 aliphatic heterocycles. The lowest BCUT2D eigenvalue weighted by atomic mass is 9.93. The van der Waals surface area contributed by atoms with E-state index in [4.69, 9.17) is 4.42 Å². The summed E-state index contributed by atoms with van der Waals surface area (Å²) in [6.07, 6.45) is 3.70. The first-order valence-electron chi connectivity index (χ1n) is 7.18. The highest BCUT2D eigenvalue weighted by Gasteiger charge is 2.29. The molecule has 0 aliphatic carbocycles. The summed E-state index contributed by atoms with van der Waals surface area (Å²) >= 11 is 0. The first-order valence-corrected chi connectivity index (χ1v) is 7.18. The van der Waals surface area contributed by atoms with Crippen molar-refractivity contribution in [3.05, 3.63) is 29.8 Å². The number of aromatic nitrogens is 3. The molecule has 1 aliphatic rings. The minimum absolute atomic E-state index is 0.0182. The Morgan fingerprint density at radius 3 is 2.82 bits per heavy atom. The van der Waals surface area contributed by atoms with Crippen LogP contribution in [0.15, 0.2) is 22.7 Å². The summed E-state index contributed by atoms with van der Waals surface area (Å²) < 4.78 is 5.50. The van der Waals surface area contributed by atoms with Gasteiger partial charge in [-0.2, -0.15) is 0 Å². The van der Waals surface area contributed by atoms with Crippen LogP contribution in [0.25, 0.3) is 11.6 Å². The highest BCUT2D eigenvalue weighted by atomic mass is 16.4. The number of nitrogens with zero attached hydrogens (tertiary/aromatic N) is 4. The summed E-state index contributed by atoms with van der Waals surface area (Å²) in [6.45, 7) is 3.06. The number of likely N-dealkylation sites (tertiary alicyclic amines) is 1. The molecule has 7 nitrogen and oxygen atoms in total. The number of amides is 1. The van der Waals surface area contributed by atoms with Crippen molar-refractivity contribution in [3.8, 4) is 11.6 Å². The number of carbonyl (C=O) groups is 2. The Kier molecular flexibility index (Phi) is 3.95. The zero-order valence-electron chi connectivity index (χ0n) is 12.2. The maximum Gasteiger partial charge on any atom is 0.284 e. The van der Waals surface area contributed by atoms with Crippen molar-refractivity contribution in [1.29, 1.82) is 0 Å². The maximum absolute atomic E-state index is 12.4. The minimum Gasteiger partial charge on any atom is -0.412 e. The fourth-order valence-electron chi connectivity index (χ4n) is 2.57. The van der Waals surface area contributed by atoms with E-state index in [1.807, 2.05) is 19.1 Å². The van der Waals surface area contributed by atoms with E-state index in [9.17, 15) is 9.59 Å². The molecule has 3 rings (SSSR count). The van der Waals surface area contributed by atoms with Gasteiger partial charge in [0.1, 0.15) is 5.69 Å². The molecule has 0 N–H and O–H groups in total. The normalized spacial score (nSPS) is 15.8. The molecule has 0 spiro atoms. The molecule has 0 bridgehead atoms. The highest BCUT2D eigenvalue weighted by molar-refractivity contribution is 5.93. The quantitative estimate of drug-likeness (QED) is 0.628. The van der Waals surface area contributed by atoms with Crippen LogP contribution < -0.4 is 0 Å². The summed E-state index contributed by atoms with van der Waals surface area (Å²) in [7, 11) is 0.